The summed E-state index contributed by atoms with van der Waals surface area (Å²) in [5, 5.41) is 17.4. The van der Waals surface area contributed by atoms with Gasteiger partial charge in [0.2, 0.25) is 0 Å². The first-order valence-corrected chi connectivity index (χ1v) is 10.2. The van der Waals surface area contributed by atoms with Crippen molar-refractivity contribution in [1.29, 1.82) is 0 Å². The van der Waals surface area contributed by atoms with E-state index >= 15 is 0 Å². The lowest BCUT2D eigenvalue weighted by Gasteiger charge is -2.24. The van der Waals surface area contributed by atoms with E-state index in [0.717, 1.165) is 42.3 Å². The zero-order chi connectivity index (χ0) is 20.9. The van der Waals surface area contributed by atoms with Crippen LogP contribution in [0, 0.1) is 13.8 Å². The number of rotatable bonds is 7. The molecule has 0 amide bonds. The highest BCUT2D eigenvalue weighted by Gasteiger charge is 2.27. The second kappa shape index (κ2) is 10.9. The molecule has 0 bridgehead atoms. The Morgan fingerprint density at radius 2 is 1.93 bits per heavy atom. The Morgan fingerprint density at radius 3 is 2.57 bits per heavy atom. The van der Waals surface area contributed by atoms with Gasteiger partial charge in [0, 0.05) is 30.9 Å². The van der Waals surface area contributed by atoms with Gasteiger partial charge in [0.05, 0.1) is 13.1 Å². The number of hydrogen-bond donors (Lipinski definition) is 3. The molecule has 0 radical (unpaired) electrons. The van der Waals surface area contributed by atoms with E-state index in [9.17, 15) is 5.11 Å². The fourth-order valence-corrected chi connectivity index (χ4v) is 3.57. The molecule has 1 aromatic carbocycles. The number of aliphatic imine (C=N–C) groups is 1. The molecule has 1 aromatic heterocycles. The van der Waals surface area contributed by atoms with Crippen LogP contribution in [0.4, 0.5) is 5.69 Å². The van der Waals surface area contributed by atoms with Crippen LogP contribution in [-0.2, 0) is 12.1 Å². The summed E-state index contributed by atoms with van der Waals surface area (Å²) in [5.41, 5.74) is 2.11. The number of furan rings is 1. The summed E-state index contributed by atoms with van der Waals surface area (Å²) in [6.07, 6.45) is 4.38. The molecule has 2 aromatic rings. The Bertz CT molecular complexity index is 881. The summed E-state index contributed by atoms with van der Waals surface area (Å²) in [5.74, 6) is 2.22. The van der Waals surface area contributed by atoms with Crippen LogP contribution in [0.1, 0.15) is 36.5 Å². The fourth-order valence-electron chi connectivity index (χ4n) is 3.57. The van der Waals surface area contributed by atoms with Crippen LogP contribution in [0.15, 0.2) is 51.9 Å². The number of nitrogens with zero attached hydrogens (tertiary/aromatic N) is 2. The van der Waals surface area contributed by atoms with Crippen molar-refractivity contribution in [3.8, 4) is 0 Å². The Kier molecular flexibility index (Phi) is 8.78. The van der Waals surface area contributed by atoms with E-state index in [1.54, 1.807) is 6.92 Å². The molecule has 1 aliphatic heterocycles. The summed E-state index contributed by atoms with van der Waals surface area (Å²) < 4.78 is 5.57. The average Bonchev–Trinajstić information content (AvgIpc) is 3.34. The van der Waals surface area contributed by atoms with Crippen LogP contribution in [0.25, 0.3) is 0 Å². The first-order chi connectivity index (χ1) is 13.9. The third-order valence-electron chi connectivity index (χ3n) is 5.08. The predicted molar refractivity (Wildman–Crippen MR) is 134 cm³/mol. The lowest BCUT2D eigenvalue weighted by Crippen LogP contribution is -2.44. The van der Waals surface area contributed by atoms with Gasteiger partial charge in [0.25, 0.3) is 0 Å². The topological polar surface area (TPSA) is 73.0 Å². The number of guanidine groups is 1. The third-order valence-corrected chi connectivity index (χ3v) is 5.08. The molecular formula is C23H33IN4O2. The van der Waals surface area contributed by atoms with E-state index in [1.165, 1.54) is 5.69 Å². The molecule has 3 rings (SSSR count). The molecule has 1 aliphatic rings. The van der Waals surface area contributed by atoms with Crippen LogP contribution in [0.3, 0.4) is 0 Å². The molecule has 0 fully saturated rings. The highest BCUT2D eigenvalue weighted by Crippen LogP contribution is 2.26. The second-order valence-electron chi connectivity index (χ2n) is 7.70. The minimum Gasteiger partial charge on any atom is -0.466 e. The maximum absolute atomic E-state index is 10.9. The van der Waals surface area contributed by atoms with Gasteiger partial charge in [0.1, 0.15) is 17.1 Å². The van der Waals surface area contributed by atoms with Crippen LogP contribution in [0.5, 0.6) is 0 Å². The summed E-state index contributed by atoms with van der Waals surface area (Å²) in [7, 11) is 0. The van der Waals surface area contributed by atoms with Crippen LogP contribution in [-0.4, -0.2) is 37.2 Å². The maximum atomic E-state index is 10.9. The van der Waals surface area contributed by atoms with Crippen molar-refractivity contribution in [2.75, 3.05) is 31.1 Å². The van der Waals surface area contributed by atoms with Gasteiger partial charge in [-0.3, -0.25) is 0 Å². The first-order valence-electron chi connectivity index (χ1n) is 10.2. The Morgan fingerprint density at radius 1 is 1.20 bits per heavy atom. The van der Waals surface area contributed by atoms with E-state index in [4.69, 9.17) is 9.41 Å². The molecule has 0 saturated carbocycles. The number of nitrogens with one attached hydrogen (secondary N) is 2. The quantitative estimate of drug-likeness (QED) is 0.222. The van der Waals surface area contributed by atoms with E-state index < -0.39 is 5.60 Å². The van der Waals surface area contributed by atoms with Crippen LogP contribution < -0.4 is 15.5 Å². The first kappa shape index (κ1) is 24.3. The summed E-state index contributed by atoms with van der Waals surface area (Å²) in [6, 6.07) is 10.4. The van der Waals surface area contributed by atoms with Crippen molar-refractivity contribution in [3.63, 3.8) is 0 Å². The predicted octanol–water partition coefficient (Wildman–Crippen LogP) is 3.85. The van der Waals surface area contributed by atoms with E-state index in [-0.39, 0.29) is 24.0 Å². The smallest absolute Gasteiger partial charge is 0.191 e. The number of hydrogen-bond acceptors (Lipinski definition) is 4. The molecule has 6 nitrogen and oxygen atoms in total. The minimum atomic E-state index is -1.05. The maximum Gasteiger partial charge on any atom is 0.191 e. The highest BCUT2D eigenvalue weighted by molar-refractivity contribution is 14.0. The molecule has 7 heteroatoms. The lowest BCUT2D eigenvalue weighted by atomic mass is 9.96. The molecule has 1 atom stereocenters. The van der Waals surface area contributed by atoms with Gasteiger partial charge < -0.3 is 25.1 Å². The largest absolute Gasteiger partial charge is 0.466 e. The van der Waals surface area contributed by atoms with Crippen molar-refractivity contribution >= 4 is 35.6 Å². The SMILES string of the molecule is CCNC(=NCc1cccc(N2CC=CC2)c1)NCC(C)(O)c1cc(C)oc1C.I. The number of aryl methyl sites for hydroxylation is 2. The molecule has 0 saturated heterocycles. The van der Waals surface area contributed by atoms with Crippen molar-refractivity contribution in [2.45, 2.75) is 39.8 Å². The molecule has 1 unspecified atom stereocenters. The third kappa shape index (κ3) is 6.25. The normalized spacial score (nSPS) is 15.6. The number of benzene rings is 1. The van der Waals surface area contributed by atoms with Crippen molar-refractivity contribution in [2.24, 2.45) is 4.99 Å². The molecular weight excluding hydrogens is 491 g/mol. The number of anilines is 1. The summed E-state index contributed by atoms with van der Waals surface area (Å²) >= 11 is 0. The monoisotopic (exact) mass is 524 g/mol. The van der Waals surface area contributed by atoms with E-state index in [0.29, 0.717) is 19.0 Å². The highest BCUT2D eigenvalue weighted by atomic mass is 127. The number of halogens is 1. The van der Waals surface area contributed by atoms with E-state index in [1.807, 2.05) is 26.8 Å². The molecule has 30 heavy (non-hydrogen) atoms. The fraction of sp³-hybridized carbons (Fsp3) is 0.435. The van der Waals surface area contributed by atoms with Crippen molar-refractivity contribution in [3.05, 3.63) is 65.1 Å². The standard InChI is InChI=1S/C23H32N4O2.HI/c1-5-24-22(26-16-23(4,28)21-13-17(2)29-18(21)3)25-15-19-9-8-10-20(14-19)27-11-6-7-12-27;/h6-10,13-14,28H,5,11-12,15-16H2,1-4H3,(H2,24,25,26);1H. The van der Waals surface area contributed by atoms with Crippen LogP contribution in [0.2, 0.25) is 0 Å². The second-order valence-corrected chi connectivity index (χ2v) is 7.70. The molecule has 2 heterocycles. The van der Waals surface area contributed by atoms with Gasteiger partial charge in [-0.15, -0.1) is 24.0 Å². The van der Waals surface area contributed by atoms with Crippen LogP contribution >= 0.6 is 24.0 Å². The minimum absolute atomic E-state index is 0. The summed E-state index contributed by atoms with van der Waals surface area (Å²) in [4.78, 5) is 7.02. The van der Waals surface area contributed by atoms with Gasteiger partial charge in [0.15, 0.2) is 5.96 Å². The van der Waals surface area contributed by atoms with Gasteiger partial charge >= 0.3 is 0 Å². The molecule has 164 valence electrons. The summed E-state index contributed by atoms with van der Waals surface area (Å²) in [6.45, 7) is 11.1. The van der Waals surface area contributed by atoms with E-state index in [2.05, 4.69) is 52.0 Å². The molecule has 0 spiro atoms. The Labute approximate surface area is 196 Å². The zero-order valence-corrected chi connectivity index (χ0v) is 20.6. The van der Waals surface area contributed by atoms with Gasteiger partial charge in [-0.05, 0) is 51.5 Å². The average molecular weight is 524 g/mol. The van der Waals surface area contributed by atoms with Gasteiger partial charge in [-0.2, -0.15) is 0 Å². The van der Waals surface area contributed by atoms with Gasteiger partial charge in [-0.25, -0.2) is 4.99 Å². The van der Waals surface area contributed by atoms with Gasteiger partial charge in [-0.1, -0.05) is 24.3 Å². The molecule has 3 N–H and O–H groups in total. The number of aliphatic hydroxyl groups is 1. The molecule has 0 aliphatic carbocycles. The Hall–Kier alpha value is -2.00. The Balaban J connectivity index is 0.00000320. The lowest BCUT2D eigenvalue weighted by molar-refractivity contribution is 0.0601. The van der Waals surface area contributed by atoms with Crippen molar-refractivity contribution < 1.29 is 9.52 Å². The van der Waals surface area contributed by atoms with Crippen molar-refractivity contribution in [1.82, 2.24) is 10.6 Å². The zero-order valence-electron chi connectivity index (χ0n) is 18.2.